The maximum atomic E-state index is 11.2. The molecular formula is C11H13NO3. The van der Waals surface area contributed by atoms with E-state index in [-0.39, 0.29) is 18.1 Å². The minimum absolute atomic E-state index is 0.00306. The Morgan fingerprint density at radius 2 is 2.13 bits per heavy atom. The lowest BCUT2D eigenvalue weighted by atomic mass is 9.94. The van der Waals surface area contributed by atoms with Gasteiger partial charge in [-0.15, -0.1) is 0 Å². The minimum Gasteiger partial charge on any atom is -0.465 e. The molecular weight excluding hydrogens is 194 g/mol. The van der Waals surface area contributed by atoms with Gasteiger partial charge in [0.15, 0.2) is 0 Å². The van der Waals surface area contributed by atoms with Gasteiger partial charge >= 0.3 is 5.97 Å². The number of hydrogen-bond acceptors (Lipinski definition) is 4. The Kier molecular flexibility index (Phi) is 2.70. The number of benzene rings is 1. The highest BCUT2D eigenvalue weighted by molar-refractivity contribution is 5.89. The van der Waals surface area contributed by atoms with E-state index < -0.39 is 0 Å². The highest BCUT2D eigenvalue weighted by Crippen LogP contribution is 2.23. The van der Waals surface area contributed by atoms with Crippen LogP contribution in [0.2, 0.25) is 0 Å². The lowest BCUT2D eigenvalue weighted by Gasteiger charge is -2.34. The van der Waals surface area contributed by atoms with Gasteiger partial charge in [0.1, 0.15) is 0 Å². The Morgan fingerprint density at radius 1 is 1.47 bits per heavy atom. The number of carbonyl (C=O) groups excluding carboxylic acids is 1. The molecule has 15 heavy (non-hydrogen) atoms. The zero-order valence-corrected chi connectivity index (χ0v) is 8.43. The normalized spacial score (nSPS) is 24.4. The monoisotopic (exact) mass is 207 g/mol. The van der Waals surface area contributed by atoms with Crippen LogP contribution in [-0.4, -0.2) is 30.8 Å². The van der Waals surface area contributed by atoms with E-state index in [0.717, 1.165) is 5.56 Å². The number of esters is 1. The van der Waals surface area contributed by atoms with Crippen molar-refractivity contribution in [3.8, 4) is 0 Å². The molecule has 2 atom stereocenters. The van der Waals surface area contributed by atoms with Crippen LogP contribution in [0.4, 0.5) is 0 Å². The van der Waals surface area contributed by atoms with Crippen molar-refractivity contribution in [2.45, 2.75) is 12.1 Å². The Balaban J connectivity index is 2.13. The topological polar surface area (TPSA) is 58.6 Å². The Labute approximate surface area is 87.9 Å². The van der Waals surface area contributed by atoms with Gasteiger partial charge in [0.05, 0.1) is 24.8 Å². The largest absolute Gasteiger partial charge is 0.465 e. The molecule has 1 aliphatic heterocycles. The predicted molar refractivity (Wildman–Crippen MR) is 54.5 cm³/mol. The molecule has 1 heterocycles. The van der Waals surface area contributed by atoms with Gasteiger partial charge in [-0.25, -0.2) is 4.79 Å². The summed E-state index contributed by atoms with van der Waals surface area (Å²) < 4.78 is 4.59. The quantitative estimate of drug-likeness (QED) is 0.692. The van der Waals surface area contributed by atoms with Crippen molar-refractivity contribution in [3.63, 3.8) is 0 Å². The Hall–Kier alpha value is -1.39. The molecule has 0 radical (unpaired) electrons. The van der Waals surface area contributed by atoms with Crippen LogP contribution in [0.5, 0.6) is 0 Å². The number of methoxy groups -OCH3 is 1. The van der Waals surface area contributed by atoms with Gasteiger partial charge in [-0.3, -0.25) is 0 Å². The van der Waals surface area contributed by atoms with Crippen LogP contribution < -0.4 is 5.32 Å². The van der Waals surface area contributed by atoms with Crippen LogP contribution in [0.1, 0.15) is 22.0 Å². The molecule has 1 aliphatic rings. The van der Waals surface area contributed by atoms with Crippen molar-refractivity contribution in [1.82, 2.24) is 5.32 Å². The maximum absolute atomic E-state index is 11.2. The standard InChI is InChI=1S/C11H13NO3/c1-15-11(14)8-4-2-7(3-5-8)10-9(13)6-12-10/h2-5,9-10,12-13H,6H2,1H3. The molecule has 4 heteroatoms. The Bertz CT molecular complexity index is 361. The van der Waals surface area contributed by atoms with E-state index >= 15 is 0 Å². The predicted octanol–water partition coefficient (Wildman–Crippen LogP) is 0.478. The van der Waals surface area contributed by atoms with E-state index in [1.165, 1.54) is 7.11 Å². The summed E-state index contributed by atoms with van der Waals surface area (Å²) in [6, 6.07) is 7.05. The third-order valence-corrected chi connectivity index (χ3v) is 2.62. The van der Waals surface area contributed by atoms with Crippen LogP contribution in [0.25, 0.3) is 0 Å². The summed E-state index contributed by atoms with van der Waals surface area (Å²) in [6.45, 7) is 0.628. The number of hydrogen-bond donors (Lipinski definition) is 2. The number of aliphatic hydroxyl groups excluding tert-OH is 1. The fraction of sp³-hybridized carbons (Fsp3) is 0.364. The van der Waals surface area contributed by atoms with E-state index in [0.29, 0.717) is 12.1 Å². The van der Waals surface area contributed by atoms with Crippen molar-refractivity contribution >= 4 is 5.97 Å². The molecule has 2 N–H and O–H groups in total. The maximum Gasteiger partial charge on any atom is 0.337 e. The Morgan fingerprint density at radius 3 is 2.53 bits per heavy atom. The third kappa shape index (κ3) is 1.86. The third-order valence-electron chi connectivity index (χ3n) is 2.62. The summed E-state index contributed by atoms with van der Waals surface area (Å²) in [5.74, 6) is -0.344. The molecule has 0 saturated carbocycles. The molecule has 1 fully saturated rings. The second-order valence-electron chi connectivity index (χ2n) is 3.57. The van der Waals surface area contributed by atoms with Crippen molar-refractivity contribution in [1.29, 1.82) is 0 Å². The molecule has 0 amide bonds. The van der Waals surface area contributed by atoms with Gasteiger partial charge in [-0.2, -0.15) is 0 Å². The van der Waals surface area contributed by atoms with Crippen molar-refractivity contribution in [2.75, 3.05) is 13.7 Å². The number of rotatable bonds is 2. The van der Waals surface area contributed by atoms with Crippen LogP contribution in [-0.2, 0) is 4.74 Å². The number of aliphatic hydroxyl groups is 1. The zero-order valence-electron chi connectivity index (χ0n) is 8.43. The first-order valence-corrected chi connectivity index (χ1v) is 4.82. The minimum atomic E-state index is -0.344. The summed E-state index contributed by atoms with van der Waals surface area (Å²) >= 11 is 0. The van der Waals surface area contributed by atoms with Crippen molar-refractivity contribution in [2.24, 2.45) is 0 Å². The fourth-order valence-electron chi connectivity index (χ4n) is 1.63. The average molecular weight is 207 g/mol. The first-order valence-electron chi connectivity index (χ1n) is 4.82. The van der Waals surface area contributed by atoms with Gasteiger partial charge in [0.25, 0.3) is 0 Å². The molecule has 4 nitrogen and oxygen atoms in total. The molecule has 0 bridgehead atoms. The highest BCUT2D eigenvalue weighted by atomic mass is 16.5. The van der Waals surface area contributed by atoms with Gasteiger partial charge in [-0.1, -0.05) is 12.1 Å². The van der Waals surface area contributed by atoms with Crippen molar-refractivity contribution < 1.29 is 14.6 Å². The molecule has 1 aromatic carbocycles. The molecule has 0 aliphatic carbocycles. The smallest absolute Gasteiger partial charge is 0.337 e. The van der Waals surface area contributed by atoms with Crippen LogP contribution >= 0.6 is 0 Å². The van der Waals surface area contributed by atoms with Crippen LogP contribution in [0.3, 0.4) is 0 Å². The average Bonchev–Trinajstić information content (AvgIpc) is 2.27. The van der Waals surface area contributed by atoms with Gasteiger partial charge in [0, 0.05) is 6.54 Å². The zero-order chi connectivity index (χ0) is 10.8. The van der Waals surface area contributed by atoms with E-state index in [4.69, 9.17) is 0 Å². The molecule has 0 spiro atoms. The lowest BCUT2D eigenvalue weighted by Crippen LogP contribution is -2.49. The van der Waals surface area contributed by atoms with Crippen molar-refractivity contribution in [3.05, 3.63) is 35.4 Å². The molecule has 2 unspecified atom stereocenters. The van der Waals surface area contributed by atoms with Crippen LogP contribution in [0.15, 0.2) is 24.3 Å². The fourth-order valence-corrected chi connectivity index (χ4v) is 1.63. The lowest BCUT2D eigenvalue weighted by molar-refractivity contribution is 0.0599. The van der Waals surface area contributed by atoms with Gasteiger partial charge in [-0.05, 0) is 17.7 Å². The molecule has 1 saturated heterocycles. The first kappa shape index (κ1) is 10.1. The second-order valence-corrected chi connectivity index (χ2v) is 3.57. The second kappa shape index (κ2) is 4.00. The van der Waals surface area contributed by atoms with Gasteiger partial charge < -0.3 is 15.2 Å². The van der Waals surface area contributed by atoms with E-state index in [1.807, 2.05) is 12.1 Å². The summed E-state index contributed by atoms with van der Waals surface area (Å²) in [6.07, 6.45) is -0.325. The molecule has 2 rings (SSSR count). The van der Waals surface area contributed by atoms with Crippen LogP contribution in [0, 0.1) is 0 Å². The summed E-state index contributed by atoms with van der Waals surface area (Å²) in [5, 5.41) is 12.5. The summed E-state index contributed by atoms with van der Waals surface area (Å²) in [7, 11) is 1.35. The van der Waals surface area contributed by atoms with Gasteiger partial charge in [0.2, 0.25) is 0 Å². The van der Waals surface area contributed by atoms with E-state index in [2.05, 4.69) is 10.1 Å². The SMILES string of the molecule is COC(=O)c1ccc(C2NCC2O)cc1. The number of ether oxygens (including phenoxy) is 1. The number of nitrogens with one attached hydrogen (secondary N) is 1. The summed E-state index contributed by atoms with van der Waals surface area (Å²) in [4.78, 5) is 11.2. The summed E-state index contributed by atoms with van der Waals surface area (Å²) in [5.41, 5.74) is 1.51. The molecule has 80 valence electrons. The number of carbonyl (C=O) groups is 1. The van der Waals surface area contributed by atoms with E-state index in [9.17, 15) is 9.90 Å². The molecule has 0 aromatic heterocycles. The van der Waals surface area contributed by atoms with E-state index in [1.54, 1.807) is 12.1 Å². The highest BCUT2D eigenvalue weighted by Gasteiger charge is 2.29. The first-order chi connectivity index (χ1) is 7.22. The molecule has 1 aromatic rings. The number of β-amino-alcohol motifs (C(OH)–C–C–N with tert-alkyl or cyclic N) is 1.